The van der Waals surface area contributed by atoms with Crippen molar-refractivity contribution in [2.24, 2.45) is 5.92 Å². The topological polar surface area (TPSA) is 37.0 Å². The lowest BCUT2D eigenvalue weighted by molar-refractivity contribution is 0.348. The van der Waals surface area contributed by atoms with Crippen molar-refractivity contribution in [1.82, 2.24) is 15.6 Å². The van der Waals surface area contributed by atoms with Gasteiger partial charge in [0.25, 0.3) is 0 Å². The molecule has 1 aromatic rings. The average molecular weight is 219 g/mol. The van der Waals surface area contributed by atoms with Crippen LogP contribution < -0.4 is 10.6 Å². The van der Waals surface area contributed by atoms with Crippen LogP contribution in [-0.2, 0) is 0 Å². The number of rotatable bonds is 4. The quantitative estimate of drug-likeness (QED) is 0.810. The monoisotopic (exact) mass is 219 g/mol. The van der Waals surface area contributed by atoms with Gasteiger partial charge in [-0.25, -0.2) is 0 Å². The zero-order chi connectivity index (χ0) is 11.2. The molecule has 3 heteroatoms. The third kappa shape index (κ3) is 3.29. The molecule has 3 nitrogen and oxygen atoms in total. The van der Waals surface area contributed by atoms with Gasteiger partial charge in [0, 0.05) is 18.4 Å². The van der Waals surface area contributed by atoms with Crippen LogP contribution in [-0.4, -0.2) is 24.6 Å². The first-order valence-electron chi connectivity index (χ1n) is 6.20. The maximum absolute atomic E-state index is 4.15. The molecular weight excluding hydrogens is 198 g/mol. The second kappa shape index (κ2) is 5.97. The molecule has 2 N–H and O–H groups in total. The van der Waals surface area contributed by atoms with Crippen molar-refractivity contribution < 1.29 is 0 Å². The number of hydrogen-bond acceptors (Lipinski definition) is 3. The minimum absolute atomic E-state index is 0.399. The summed E-state index contributed by atoms with van der Waals surface area (Å²) in [7, 11) is 0. The Morgan fingerprint density at radius 2 is 2.56 bits per heavy atom. The summed E-state index contributed by atoms with van der Waals surface area (Å²) >= 11 is 0. The molecule has 0 aromatic carbocycles. The fraction of sp³-hybridized carbons (Fsp3) is 0.615. The molecule has 0 spiro atoms. The van der Waals surface area contributed by atoms with E-state index in [1.54, 1.807) is 0 Å². The third-order valence-corrected chi connectivity index (χ3v) is 3.30. The van der Waals surface area contributed by atoms with Gasteiger partial charge in [-0.15, -0.1) is 0 Å². The van der Waals surface area contributed by atoms with Gasteiger partial charge >= 0.3 is 0 Å². The molecule has 0 radical (unpaired) electrons. The highest BCUT2D eigenvalue weighted by Gasteiger charge is 2.14. The number of piperidine rings is 1. The van der Waals surface area contributed by atoms with Crippen LogP contribution in [0, 0.1) is 5.92 Å². The highest BCUT2D eigenvalue weighted by atomic mass is 14.9. The van der Waals surface area contributed by atoms with Crippen LogP contribution in [0.2, 0.25) is 0 Å². The van der Waals surface area contributed by atoms with Gasteiger partial charge in [0.1, 0.15) is 0 Å². The van der Waals surface area contributed by atoms with Gasteiger partial charge in [-0.2, -0.15) is 0 Å². The van der Waals surface area contributed by atoms with Crippen LogP contribution in [0.25, 0.3) is 0 Å². The Balaban J connectivity index is 1.77. The zero-order valence-electron chi connectivity index (χ0n) is 9.95. The largest absolute Gasteiger partial charge is 0.316 e. The average Bonchev–Trinajstić information content (AvgIpc) is 2.38. The van der Waals surface area contributed by atoms with Gasteiger partial charge in [-0.05, 0) is 56.9 Å². The molecular formula is C13H21N3. The van der Waals surface area contributed by atoms with Crippen molar-refractivity contribution in [3.05, 3.63) is 30.1 Å². The maximum atomic E-state index is 4.15. The Kier molecular flexibility index (Phi) is 4.31. The van der Waals surface area contributed by atoms with E-state index in [1.807, 2.05) is 18.5 Å². The molecule has 0 saturated carbocycles. The molecule has 0 amide bonds. The number of aromatic nitrogens is 1. The number of hydrogen-bond donors (Lipinski definition) is 2. The van der Waals surface area contributed by atoms with Crippen molar-refractivity contribution in [2.45, 2.75) is 25.8 Å². The van der Waals surface area contributed by atoms with Gasteiger partial charge in [0.05, 0.1) is 0 Å². The van der Waals surface area contributed by atoms with Gasteiger partial charge in [-0.1, -0.05) is 6.07 Å². The predicted molar refractivity (Wildman–Crippen MR) is 66.2 cm³/mol. The lowest BCUT2D eigenvalue weighted by atomic mass is 9.99. The lowest BCUT2D eigenvalue weighted by Gasteiger charge is -2.25. The summed E-state index contributed by atoms with van der Waals surface area (Å²) in [5.41, 5.74) is 1.27. The van der Waals surface area contributed by atoms with E-state index in [9.17, 15) is 0 Å². The minimum atomic E-state index is 0.399. The Morgan fingerprint density at radius 3 is 3.25 bits per heavy atom. The molecule has 1 unspecified atom stereocenters. The number of pyridine rings is 1. The van der Waals surface area contributed by atoms with Crippen LogP contribution in [0.15, 0.2) is 24.5 Å². The predicted octanol–water partition coefficient (Wildman–Crippen LogP) is 1.73. The molecule has 1 fully saturated rings. The summed E-state index contributed by atoms with van der Waals surface area (Å²) in [6, 6.07) is 4.52. The molecule has 88 valence electrons. The normalized spacial score (nSPS) is 22.9. The fourth-order valence-corrected chi connectivity index (χ4v) is 2.19. The van der Waals surface area contributed by atoms with E-state index in [1.165, 1.54) is 24.9 Å². The SMILES string of the molecule is C[C@H](NCC1CCCNC1)c1cccnc1. The van der Waals surface area contributed by atoms with E-state index in [0.717, 1.165) is 19.0 Å². The van der Waals surface area contributed by atoms with E-state index < -0.39 is 0 Å². The van der Waals surface area contributed by atoms with Gasteiger partial charge in [0.2, 0.25) is 0 Å². The minimum Gasteiger partial charge on any atom is -0.316 e. The van der Waals surface area contributed by atoms with Crippen molar-refractivity contribution in [1.29, 1.82) is 0 Å². The number of nitrogens with one attached hydrogen (secondary N) is 2. The molecule has 1 saturated heterocycles. The molecule has 0 bridgehead atoms. The van der Waals surface area contributed by atoms with E-state index >= 15 is 0 Å². The Labute approximate surface area is 97.7 Å². The van der Waals surface area contributed by atoms with Gasteiger partial charge in [0.15, 0.2) is 0 Å². The maximum Gasteiger partial charge on any atom is 0.0315 e. The standard InChI is InChI=1S/C13H21N3/c1-11(13-5-3-7-15-10-13)16-9-12-4-2-6-14-8-12/h3,5,7,10-12,14,16H,2,4,6,8-9H2,1H3/t11-,12?/m0/s1. The zero-order valence-corrected chi connectivity index (χ0v) is 9.95. The van der Waals surface area contributed by atoms with E-state index in [2.05, 4.69) is 28.6 Å². The van der Waals surface area contributed by atoms with Crippen molar-refractivity contribution in [3.8, 4) is 0 Å². The van der Waals surface area contributed by atoms with Crippen LogP contribution in [0.5, 0.6) is 0 Å². The van der Waals surface area contributed by atoms with Crippen molar-refractivity contribution >= 4 is 0 Å². The first kappa shape index (κ1) is 11.6. The fourth-order valence-electron chi connectivity index (χ4n) is 2.19. The molecule has 2 atom stereocenters. The molecule has 0 aliphatic carbocycles. The molecule has 16 heavy (non-hydrogen) atoms. The van der Waals surface area contributed by atoms with E-state index in [4.69, 9.17) is 0 Å². The third-order valence-electron chi connectivity index (χ3n) is 3.30. The molecule has 2 heterocycles. The molecule has 2 rings (SSSR count). The summed E-state index contributed by atoms with van der Waals surface area (Å²) in [5.74, 6) is 0.785. The van der Waals surface area contributed by atoms with Crippen LogP contribution in [0.4, 0.5) is 0 Å². The smallest absolute Gasteiger partial charge is 0.0315 e. The van der Waals surface area contributed by atoms with E-state index in [0.29, 0.717) is 6.04 Å². The highest BCUT2D eigenvalue weighted by molar-refractivity contribution is 5.12. The first-order chi connectivity index (χ1) is 7.86. The summed E-state index contributed by atoms with van der Waals surface area (Å²) in [6.45, 7) is 5.65. The Hall–Kier alpha value is -0.930. The summed E-state index contributed by atoms with van der Waals surface area (Å²) in [4.78, 5) is 4.15. The van der Waals surface area contributed by atoms with Crippen LogP contribution in [0.3, 0.4) is 0 Å². The second-order valence-corrected chi connectivity index (χ2v) is 4.63. The summed E-state index contributed by atoms with van der Waals surface area (Å²) < 4.78 is 0. The van der Waals surface area contributed by atoms with Crippen molar-refractivity contribution in [3.63, 3.8) is 0 Å². The van der Waals surface area contributed by atoms with Gasteiger partial charge in [-0.3, -0.25) is 4.98 Å². The highest BCUT2D eigenvalue weighted by Crippen LogP contribution is 2.13. The molecule has 1 aliphatic rings. The Bertz CT molecular complexity index is 293. The first-order valence-corrected chi connectivity index (χ1v) is 6.20. The summed E-state index contributed by atoms with van der Waals surface area (Å²) in [5, 5.41) is 7.03. The summed E-state index contributed by atoms with van der Waals surface area (Å²) in [6.07, 6.45) is 6.42. The second-order valence-electron chi connectivity index (χ2n) is 4.63. The number of nitrogens with zero attached hydrogens (tertiary/aromatic N) is 1. The molecule has 1 aliphatic heterocycles. The van der Waals surface area contributed by atoms with E-state index in [-0.39, 0.29) is 0 Å². The van der Waals surface area contributed by atoms with Gasteiger partial charge < -0.3 is 10.6 Å². The van der Waals surface area contributed by atoms with Crippen LogP contribution in [0.1, 0.15) is 31.4 Å². The van der Waals surface area contributed by atoms with Crippen molar-refractivity contribution in [2.75, 3.05) is 19.6 Å². The van der Waals surface area contributed by atoms with Crippen LogP contribution >= 0.6 is 0 Å². The Morgan fingerprint density at radius 1 is 1.62 bits per heavy atom. The lowest BCUT2D eigenvalue weighted by Crippen LogP contribution is -2.36. The molecule has 1 aromatic heterocycles.